The van der Waals surface area contributed by atoms with Gasteiger partial charge in [0, 0.05) is 31.3 Å². The van der Waals surface area contributed by atoms with E-state index in [1.165, 1.54) is 22.3 Å². The number of hydrogen-bond donors (Lipinski definition) is 2. The van der Waals surface area contributed by atoms with Crippen LogP contribution in [0.25, 0.3) is 0 Å². The molecule has 1 heterocycles. The number of fused-ring (bicyclic) bond motifs is 1. The lowest BCUT2D eigenvalue weighted by atomic mass is 9.59. The largest absolute Gasteiger partial charge is 0.355 e. The average Bonchev–Trinajstić information content (AvgIpc) is 2.72. The van der Waals surface area contributed by atoms with Crippen molar-refractivity contribution in [2.45, 2.75) is 31.1 Å². The minimum absolute atomic E-state index is 0.0526. The summed E-state index contributed by atoms with van der Waals surface area (Å²) in [5, 5.41) is 6.00. The zero-order chi connectivity index (χ0) is 18.4. The van der Waals surface area contributed by atoms with Crippen LogP contribution in [-0.4, -0.2) is 24.9 Å². The van der Waals surface area contributed by atoms with E-state index in [0.29, 0.717) is 43.7 Å². The fraction of sp³-hybridized carbons (Fsp3) is 0.391. The number of piperidine rings is 1. The first-order valence-corrected chi connectivity index (χ1v) is 9.94. The van der Waals surface area contributed by atoms with Gasteiger partial charge in [-0.25, -0.2) is 0 Å². The van der Waals surface area contributed by atoms with Gasteiger partial charge in [0.2, 0.25) is 11.8 Å². The van der Waals surface area contributed by atoms with Gasteiger partial charge in [0.15, 0.2) is 0 Å². The van der Waals surface area contributed by atoms with E-state index in [1.54, 1.807) is 0 Å². The van der Waals surface area contributed by atoms with E-state index in [2.05, 4.69) is 59.2 Å². The molecule has 0 radical (unpaired) electrons. The number of benzene rings is 2. The summed E-state index contributed by atoms with van der Waals surface area (Å²) in [5.41, 5.74) is 5.77. The molecule has 0 aromatic heterocycles. The first-order valence-electron chi connectivity index (χ1n) is 9.94. The highest BCUT2D eigenvalue weighted by Gasteiger charge is 2.43. The Balaban J connectivity index is 1.36. The lowest BCUT2D eigenvalue weighted by molar-refractivity contribution is -0.129. The molecule has 27 heavy (non-hydrogen) atoms. The molecule has 2 amide bonds. The van der Waals surface area contributed by atoms with Gasteiger partial charge in [0.05, 0.1) is 5.92 Å². The molecule has 2 aromatic carbocycles. The Bertz CT molecular complexity index is 849. The van der Waals surface area contributed by atoms with Crippen molar-refractivity contribution in [1.82, 2.24) is 10.6 Å². The minimum Gasteiger partial charge on any atom is -0.355 e. The Morgan fingerprint density at radius 2 is 1.63 bits per heavy atom. The van der Waals surface area contributed by atoms with E-state index in [0.717, 1.165) is 6.42 Å². The van der Waals surface area contributed by atoms with Gasteiger partial charge in [0.25, 0.3) is 0 Å². The highest BCUT2D eigenvalue weighted by molar-refractivity contribution is 5.83. The molecule has 3 aliphatic carbocycles. The second-order valence-electron chi connectivity index (χ2n) is 8.07. The highest BCUT2D eigenvalue weighted by Crippen LogP contribution is 2.55. The van der Waals surface area contributed by atoms with Gasteiger partial charge in [0.1, 0.15) is 0 Å². The Morgan fingerprint density at radius 3 is 2.22 bits per heavy atom. The molecular formula is C23H24N2O2. The molecular weight excluding hydrogens is 336 g/mol. The Kier molecular flexibility index (Phi) is 4.00. The Morgan fingerprint density at radius 1 is 1.00 bits per heavy atom. The average molecular weight is 360 g/mol. The van der Waals surface area contributed by atoms with Gasteiger partial charge in [-0.3, -0.25) is 9.59 Å². The summed E-state index contributed by atoms with van der Waals surface area (Å²) in [4.78, 5) is 23.9. The van der Waals surface area contributed by atoms with Crippen molar-refractivity contribution >= 4 is 11.8 Å². The van der Waals surface area contributed by atoms with Crippen LogP contribution in [0, 0.1) is 11.8 Å². The molecule has 1 saturated heterocycles. The second-order valence-corrected chi connectivity index (χ2v) is 8.07. The predicted octanol–water partition coefficient (Wildman–Crippen LogP) is 2.93. The maximum atomic E-state index is 12.6. The standard InChI is InChI=1S/C23H24N2O2/c26-21-10-9-14(12-24-21)23(27)25-13-15-11-20-16-5-1-3-7-18(16)22(15)19-8-4-2-6-17(19)20/h1-8,14-15,20,22H,9-13H2,(H,24,26)(H,25,27). The molecule has 138 valence electrons. The third kappa shape index (κ3) is 2.75. The number of carbonyl (C=O) groups excluding carboxylic acids is 2. The van der Waals surface area contributed by atoms with Crippen molar-refractivity contribution in [3.05, 3.63) is 70.8 Å². The van der Waals surface area contributed by atoms with Gasteiger partial charge in [-0.2, -0.15) is 0 Å². The van der Waals surface area contributed by atoms with Gasteiger partial charge in [-0.05, 0) is 41.0 Å². The molecule has 4 aliphatic rings. The molecule has 2 aromatic rings. The SMILES string of the molecule is O=C1CCC(C(=O)NCC2CC3c4ccccc4C2c2ccccc23)CN1. The summed E-state index contributed by atoms with van der Waals surface area (Å²) in [6, 6.07) is 17.6. The first kappa shape index (κ1) is 16.5. The third-order valence-corrected chi connectivity index (χ3v) is 6.60. The Hall–Kier alpha value is -2.62. The van der Waals surface area contributed by atoms with E-state index in [9.17, 15) is 9.59 Å². The number of hydrogen-bond acceptors (Lipinski definition) is 2. The van der Waals surface area contributed by atoms with Gasteiger partial charge in [-0.15, -0.1) is 0 Å². The number of rotatable bonds is 3. The lowest BCUT2D eigenvalue weighted by Gasteiger charge is -2.45. The molecule has 0 spiro atoms. The number of nitrogens with one attached hydrogen (secondary N) is 2. The van der Waals surface area contributed by atoms with Crippen molar-refractivity contribution in [3.63, 3.8) is 0 Å². The van der Waals surface area contributed by atoms with E-state index < -0.39 is 0 Å². The summed E-state index contributed by atoms with van der Waals surface area (Å²) in [6.45, 7) is 1.17. The summed E-state index contributed by atoms with van der Waals surface area (Å²) in [7, 11) is 0. The molecule has 4 nitrogen and oxygen atoms in total. The van der Waals surface area contributed by atoms with Crippen molar-refractivity contribution in [2.24, 2.45) is 11.8 Å². The molecule has 0 saturated carbocycles. The van der Waals surface area contributed by atoms with Gasteiger partial charge in [-0.1, -0.05) is 48.5 Å². The fourth-order valence-corrected chi connectivity index (χ4v) is 5.29. The first-order chi connectivity index (χ1) is 13.2. The molecule has 1 aliphatic heterocycles. The van der Waals surface area contributed by atoms with Gasteiger partial charge >= 0.3 is 0 Å². The third-order valence-electron chi connectivity index (χ3n) is 6.60. The van der Waals surface area contributed by atoms with Crippen LogP contribution in [0.4, 0.5) is 0 Å². The van der Waals surface area contributed by atoms with Crippen LogP contribution in [0.15, 0.2) is 48.5 Å². The molecule has 2 atom stereocenters. The summed E-state index contributed by atoms with van der Waals surface area (Å²) >= 11 is 0. The van der Waals surface area contributed by atoms with Crippen LogP contribution in [0.5, 0.6) is 0 Å². The summed E-state index contributed by atoms with van der Waals surface area (Å²) < 4.78 is 0. The van der Waals surface area contributed by atoms with Crippen LogP contribution < -0.4 is 10.6 Å². The fourth-order valence-electron chi connectivity index (χ4n) is 5.29. The van der Waals surface area contributed by atoms with E-state index in [1.807, 2.05) is 0 Å². The molecule has 1 fully saturated rings. The molecule has 2 unspecified atom stereocenters. The maximum Gasteiger partial charge on any atom is 0.224 e. The van der Waals surface area contributed by atoms with Crippen LogP contribution >= 0.6 is 0 Å². The van der Waals surface area contributed by atoms with Crippen molar-refractivity contribution in [3.8, 4) is 0 Å². The predicted molar refractivity (Wildman–Crippen MR) is 103 cm³/mol. The van der Waals surface area contributed by atoms with Crippen molar-refractivity contribution in [1.29, 1.82) is 0 Å². The van der Waals surface area contributed by atoms with E-state index in [4.69, 9.17) is 0 Å². The van der Waals surface area contributed by atoms with Crippen LogP contribution in [0.2, 0.25) is 0 Å². The summed E-state index contributed by atoms with van der Waals surface area (Å²) in [6.07, 6.45) is 2.19. The quantitative estimate of drug-likeness (QED) is 0.884. The maximum absolute atomic E-state index is 12.6. The zero-order valence-corrected chi connectivity index (χ0v) is 15.3. The number of carbonyl (C=O) groups is 2. The second kappa shape index (κ2) is 6.52. The molecule has 2 N–H and O–H groups in total. The van der Waals surface area contributed by atoms with Crippen LogP contribution in [0.3, 0.4) is 0 Å². The van der Waals surface area contributed by atoms with Crippen LogP contribution in [-0.2, 0) is 9.59 Å². The van der Waals surface area contributed by atoms with Crippen molar-refractivity contribution in [2.75, 3.05) is 13.1 Å². The minimum atomic E-state index is -0.0944. The Labute approximate surface area is 159 Å². The lowest BCUT2D eigenvalue weighted by Crippen LogP contribution is -2.45. The van der Waals surface area contributed by atoms with E-state index in [-0.39, 0.29) is 17.7 Å². The topological polar surface area (TPSA) is 58.2 Å². The van der Waals surface area contributed by atoms with Gasteiger partial charge < -0.3 is 10.6 Å². The monoisotopic (exact) mass is 360 g/mol. The van der Waals surface area contributed by atoms with E-state index >= 15 is 0 Å². The molecule has 6 rings (SSSR count). The zero-order valence-electron chi connectivity index (χ0n) is 15.3. The molecule has 4 heteroatoms. The highest BCUT2D eigenvalue weighted by atomic mass is 16.2. The smallest absolute Gasteiger partial charge is 0.224 e. The van der Waals surface area contributed by atoms with Crippen molar-refractivity contribution < 1.29 is 9.59 Å². The van der Waals surface area contributed by atoms with Crippen LogP contribution in [0.1, 0.15) is 53.4 Å². The molecule has 2 bridgehead atoms. The number of amides is 2. The summed E-state index contributed by atoms with van der Waals surface area (Å²) in [5.74, 6) is 1.24. The normalized spacial score (nSPS) is 28.1.